The summed E-state index contributed by atoms with van der Waals surface area (Å²) in [7, 11) is -6.94. The summed E-state index contributed by atoms with van der Waals surface area (Å²) in [6, 6.07) is 12.1. The minimum absolute atomic E-state index is 0.133. The second kappa shape index (κ2) is 7.18. The molecule has 0 unspecified atom stereocenters. The van der Waals surface area contributed by atoms with Gasteiger partial charge in [-0.1, -0.05) is 15.9 Å². The van der Waals surface area contributed by atoms with Crippen molar-refractivity contribution in [2.45, 2.75) is 17.0 Å². The van der Waals surface area contributed by atoms with Gasteiger partial charge in [0.25, 0.3) is 10.0 Å². The average molecular weight is 461 g/mol. The number of aliphatic hydroxyl groups is 1. The number of rotatable bonds is 5. The Morgan fingerprint density at radius 3 is 2.08 bits per heavy atom. The van der Waals surface area contributed by atoms with Gasteiger partial charge in [-0.2, -0.15) is 0 Å². The summed E-state index contributed by atoms with van der Waals surface area (Å²) in [6.45, 7) is 0. The Morgan fingerprint density at radius 2 is 1.54 bits per heavy atom. The maximum absolute atomic E-state index is 12.3. The molecule has 26 heavy (non-hydrogen) atoms. The van der Waals surface area contributed by atoms with Crippen molar-refractivity contribution in [3.05, 3.63) is 53.0 Å². The molecular weight excluding hydrogens is 444 g/mol. The third-order valence-corrected chi connectivity index (χ3v) is 7.58. The monoisotopic (exact) mass is 460 g/mol. The van der Waals surface area contributed by atoms with E-state index in [0.29, 0.717) is 11.4 Å². The fraction of sp³-hybridized carbons (Fsp3) is 0.250. The van der Waals surface area contributed by atoms with Gasteiger partial charge in [0, 0.05) is 15.8 Å². The van der Waals surface area contributed by atoms with Gasteiger partial charge in [0.15, 0.2) is 9.84 Å². The molecule has 1 fully saturated rings. The van der Waals surface area contributed by atoms with Crippen LogP contribution in [0.15, 0.2) is 57.9 Å². The number of nitrogens with one attached hydrogen (secondary N) is 2. The lowest BCUT2D eigenvalue weighted by Crippen LogP contribution is -2.31. The van der Waals surface area contributed by atoms with Crippen LogP contribution < -0.4 is 10.0 Å². The predicted octanol–water partition coefficient (Wildman–Crippen LogP) is 1.82. The Balaban J connectivity index is 1.69. The molecule has 1 aliphatic rings. The number of sulfonamides is 1. The molecule has 2 atom stereocenters. The van der Waals surface area contributed by atoms with E-state index in [-0.39, 0.29) is 16.4 Å². The van der Waals surface area contributed by atoms with Crippen LogP contribution in [0, 0.1) is 0 Å². The van der Waals surface area contributed by atoms with E-state index in [2.05, 4.69) is 26.0 Å². The van der Waals surface area contributed by atoms with Crippen LogP contribution in [0.5, 0.6) is 0 Å². The van der Waals surface area contributed by atoms with Gasteiger partial charge in [-0.05, 0) is 48.5 Å². The van der Waals surface area contributed by atoms with E-state index in [9.17, 15) is 21.9 Å². The summed E-state index contributed by atoms with van der Waals surface area (Å²) in [5.41, 5.74) is 0.968. The summed E-state index contributed by atoms with van der Waals surface area (Å²) in [6.07, 6.45) is -0.962. The summed E-state index contributed by atoms with van der Waals surface area (Å²) in [5.74, 6) is -0.387. The minimum atomic E-state index is -3.70. The third kappa shape index (κ3) is 4.56. The first-order valence-corrected chi connectivity index (χ1v) is 11.8. The number of sulfone groups is 1. The molecule has 0 radical (unpaired) electrons. The molecule has 3 N–H and O–H groups in total. The number of aliphatic hydroxyl groups excluding tert-OH is 1. The van der Waals surface area contributed by atoms with Gasteiger partial charge in [0.05, 0.1) is 28.5 Å². The van der Waals surface area contributed by atoms with Crippen LogP contribution in [0.3, 0.4) is 0 Å². The Bertz CT molecular complexity index is 990. The highest BCUT2D eigenvalue weighted by atomic mass is 79.9. The molecule has 0 bridgehead atoms. The summed E-state index contributed by atoms with van der Waals surface area (Å²) in [4.78, 5) is 0.141. The maximum Gasteiger partial charge on any atom is 0.261 e. The van der Waals surface area contributed by atoms with Crippen molar-refractivity contribution in [2.75, 3.05) is 21.5 Å². The third-order valence-electron chi connectivity index (χ3n) is 3.94. The fourth-order valence-corrected chi connectivity index (χ4v) is 5.71. The van der Waals surface area contributed by atoms with Crippen molar-refractivity contribution in [3.8, 4) is 0 Å². The van der Waals surface area contributed by atoms with E-state index < -0.39 is 32.0 Å². The molecule has 3 rings (SSSR count). The lowest BCUT2D eigenvalue weighted by Gasteiger charge is -2.16. The van der Waals surface area contributed by atoms with Crippen molar-refractivity contribution < 1.29 is 21.9 Å². The van der Waals surface area contributed by atoms with E-state index in [4.69, 9.17) is 0 Å². The standard InChI is InChI=1S/C16H17BrN2O5S2/c17-11-1-7-14(8-2-11)26(23,24)19-13-5-3-12(4-6-13)18-15-9-25(21,22)10-16(15)20/h1-8,15-16,18-20H,9-10H2/t15-,16+/m0/s1. The van der Waals surface area contributed by atoms with Crippen molar-refractivity contribution in [3.63, 3.8) is 0 Å². The molecule has 2 aromatic carbocycles. The van der Waals surface area contributed by atoms with Gasteiger partial charge in [-0.15, -0.1) is 0 Å². The largest absolute Gasteiger partial charge is 0.390 e. The molecule has 1 heterocycles. The Labute approximate surface area is 160 Å². The van der Waals surface area contributed by atoms with Gasteiger partial charge in [-0.25, -0.2) is 16.8 Å². The molecule has 1 saturated heterocycles. The molecule has 0 saturated carbocycles. The van der Waals surface area contributed by atoms with Gasteiger partial charge >= 0.3 is 0 Å². The van der Waals surface area contributed by atoms with E-state index in [1.807, 2.05) is 0 Å². The Hall–Kier alpha value is -1.62. The van der Waals surface area contributed by atoms with Crippen LogP contribution in [0.25, 0.3) is 0 Å². The zero-order valence-electron chi connectivity index (χ0n) is 13.5. The Kier molecular flexibility index (Phi) is 5.29. The van der Waals surface area contributed by atoms with E-state index in [0.717, 1.165) is 4.47 Å². The molecular formula is C16H17BrN2O5S2. The summed E-state index contributed by atoms with van der Waals surface area (Å²) in [5, 5.41) is 12.8. The first kappa shape index (κ1) is 19.2. The Morgan fingerprint density at radius 1 is 0.962 bits per heavy atom. The maximum atomic E-state index is 12.3. The highest BCUT2D eigenvalue weighted by Gasteiger charge is 2.36. The molecule has 0 aromatic heterocycles. The number of hydrogen-bond donors (Lipinski definition) is 3. The first-order valence-electron chi connectivity index (χ1n) is 7.68. The van der Waals surface area contributed by atoms with Crippen molar-refractivity contribution in [2.24, 2.45) is 0 Å². The normalized spacial score (nSPS) is 22.1. The number of anilines is 2. The van der Waals surface area contributed by atoms with Crippen LogP contribution in [-0.4, -0.2) is 45.6 Å². The molecule has 1 aliphatic heterocycles. The van der Waals surface area contributed by atoms with Crippen molar-refractivity contribution >= 4 is 47.2 Å². The van der Waals surface area contributed by atoms with E-state index in [1.54, 1.807) is 36.4 Å². The summed E-state index contributed by atoms with van der Waals surface area (Å²) >= 11 is 3.26. The molecule has 10 heteroatoms. The van der Waals surface area contributed by atoms with E-state index >= 15 is 0 Å². The quantitative estimate of drug-likeness (QED) is 0.626. The van der Waals surface area contributed by atoms with Crippen molar-refractivity contribution in [1.29, 1.82) is 0 Å². The van der Waals surface area contributed by atoms with Gasteiger partial charge in [-0.3, -0.25) is 4.72 Å². The summed E-state index contributed by atoms with van der Waals surface area (Å²) < 4.78 is 51.0. The first-order chi connectivity index (χ1) is 12.1. The average Bonchev–Trinajstić information content (AvgIpc) is 2.81. The van der Waals surface area contributed by atoms with E-state index in [1.165, 1.54) is 12.1 Å². The second-order valence-electron chi connectivity index (χ2n) is 6.03. The topological polar surface area (TPSA) is 113 Å². The molecule has 2 aromatic rings. The number of halogens is 1. The van der Waals surface area contributed by atoms with Crippen LogP contribution in [0.4, 0.5) is 11.4 Å². The number of hydrogen-bond acceptors (Lipinski definition) is 6. The van der Waals surface area contributed by atoms with Crippen LogP contribution in [0.1, 0.15) is 0 Å². The van der Waals surface area contributed by atoms with Gasteiger partial charge < -0.3 is 10.4 Å². The van der Waals surface area contributed by atoms with Crippen molar-refractivity contribution in [1.82, 2.24) is 0 Å². The molecule has 140 valence electrons. The molecule has 0 aliphatic carbocycles. The second-order valence-corrected chi connectivity index (χ2v) is 10.8. The lowest BCUT2D eigenvalue weighted by molar-refractivity contribution is 0.190. The SMILES string of the molecule is O=S1(=O)C[C@@H](O)[C@@H](Nc2ccc(NS(=O)(=O)c3ccc(Br)cc3)cc2)C1. The zero-order valence-corrected chi connectivity index (χ0v) is 16.7. The molecule has 0 amide bonds. The molecule has 0 spiro atoms. The lowest BCUT2D eigenvalue weighted by atomic mass is 10.2. The van der Waals surface area contributed by atoms with Crippen LogP contribution >= 0.6 is 15.9 Å². The highest BCUT2D eigenvalue weighted by molar-refractivity contribution is 9.10. The minimum Gasteiger partial charge on any atom is -0.390 e. The smallest absolute Gasteiger partial charge is 0.261 e. The zero-order chi connectivity index (χ0) is 18.9. The predicted molar refractivity (Wildman–Crippen MR) is 103 cm³/mol. The number of benzene rings is 2. The van der Waals surface area contributed by atoms with Gasteiger partial charge in [0.1, 0.15) is 0 Å². The van der Waals surface area contributed by atoms with Crippen LogP contribution in [-0.2, 0) is 19.9 Å². The van der Waals surface area contributed by atoms with Gasteiger partial charge in [0.2, 0.25) is 0 Å². The molecule has 7 nitrogen and oxygen atoms in total. The fourth-order valence-electron chi connectivity index (χ4n) is 2.64. The highest BCUT2D eigenvalue weighted by Crippen LogP contribution is 2.22. The van der Waals surface area contributed by atoms with Crippen LogP contribution in [0.2, 0.25) is 0 Å².